The van der Waals surface area contributed by atoms with Crippen molar-refractivity contribution in [3.05, 3.63) is 54.2 Å². The number of nitrogens with one attached hydrogen (secondary N) is 1. The molecule has 0 bridgehead atoms. The number of fused-ring (bicyclic) bond motifs is 2. The minimum absolute atomic E-state index is 0.528. The van der Waals surface area contributed by atoms with E-state index in [2.05, 4.69) is 43.9 Å². The van der Waals surface area contributed by atoms with Crippen LogP contribution < -0.4 is 20.7 Å². The highest BCUT2D eigenvalue weighted by molar-refractivity contribution is 6.00. The lowest BCUT2D eigenvalue weighted by molar-refractivity contribution is 0.250. The van der Waals surface area contributed by atoms with E-state index >= 15 is 0 Å². The molecule has 0 unspecified atom stereocenters. The SMILES string of the molecule is NC(=O)Nc1cn(CCCCN2CCN(c3cccc4c3OCCCC4)CC2)c2ccccc12. The molecule has 0 atom stereocenters. The Balaban J connectivity index is 1.12. The maximum Gasteiger partial charge on any atom is 0.316 e. The number of hydrogen-bond donors (Lipinski definition) is 2. The van der Waals surface area contributed by atoms with Crippen LogP contribution in [-0.2, 0) is 13.0 Å². The summed E-state index contributed by atoms with van der Waals surface area (Å²) in [6.07, 6.45) is 7.72. The fourth-order valence-electron chi connectivity index (χ4n) is 5.27. The van der Waals surface area contributed by atoms with Crippen LogP contribution in [0.4, 0.5) is 16.2 Å². The highest BCUT2D eigenvalue weighted by Crippen LogP contribution is 2.35. The molecule has 0 aliphatic carbocycles. The van der Waals surface area contributed by atoms with Crippen molar-refractivity contribution in [2.45, 2.75) is 38.6 Å². The van der Waals surface area contributed by atoms with Crippen molar-refractivity contribution in [2.24, 2.45) is 5.73 Å². The summed E-state index contributed by atoms with van der Waals surface area (Å²) in [5.41, 5.74) is 9.89. The van der Waals surface area contributed by atoms with Gasteiger partial charge in [0.2, 0.25) is 0 Å². The van der Waals surface area contributed by atoms with Crippen molar-refractivity contribution < 1.29 is 9.53 Å². The first-order chi connectivity index (χ1) is 16.7. The fourth-order valence-corrected chi connectivity index (χ4v) is 5.27. The van der Waals surface area contributed by atoms with E-state index in [1.807, 2.05) is 24.4 Å². The van der Waals surface area contributed by atoms with E-state index < -0.39 is 6.03 Å². The molecular weight excluding hydrogens is 426 g/mol. The predicted molar refractivity (Wildman–Crippen MR) is 138 cm³/mol. The van der Waals surface area contributed by atoms with Crippen LogP contribution in [0.25, 0.3) is 10.9 Å². The van der Waals surface area contributed by atoms with E-state index in [0.29, 0.717) is 0 Å². The number of benzene rings is 2. The number of hydrogen-bond acceptors (Lipinski definition) is 4. The molecule has 0 spiro atoms. The zero-order chi connectivity index (χ0) is 23.3. The number of carbonyl (C=O) groups excluding carboxylic acids is 1. The van der Waals surface area contributed by atoms with Gasteiger partial charge in [0.15, 0.2) is 0 Å². The fraction of sp³-hybridized carbons (Fsp3) is 0.444. The summed E-state index contributed by atoms with van der Waals surface area (Å²) in [5.74, 6) is 1.12. The van der Waals surface area contributed by atoms with E-state index in [4.69, 9.17) is 10.5 Å². The summed E-state index contributed by atoms with van der Waals surface area (Å²) in [4.78, 5) is 16.4. The summed E-state index contributed by atoms with van der Waals surface area (Å²) in [6, 6.07) is 14.2. The topological polar surface area (TPSA) is 75.8 Å². The number of anilines is 2. The van der Waals surface area contributed by atoms with Crippen molar-refractivity contribution in [3.63, 3.8) is 0 Å². The van der Waals surface area contributed by atoms with Crippen LogP contribution in [0.3, 0.4) is 0 Å². The lowest BCUT2D eigenvalue weighted by atomic mass is 10.1. The third-order valence-corrected chi connectivity index (χ3v) is 7.05. The van der Waals surface area contributed by atoms with E-state index in [1.54, 1.807) is 0 Å². The first-order valence-electron chi connectivity index (χ1n) is 12.6. The number of carbonyl (C=O) groups is 1. The Morgan fingerprint density at radius 2 is 1.79 bits per heavy atom. The Labute approximate surface area is 201 Å². The number of unbranched alkanes of at least 4 members (excludes halogenated alkanes) is 1. The first-order valence-corrected chi connectivity index (χ1v) is 12.6. The number of rotatable bonds is 7. The van der Waals surface area contributed by atoms with Crippen LogP contribution in [-0.4, -0.2) is 54.8 Å². The molecular formula is C27H35N5O2. The van der Waals surface area contributed by atoms with E-state index in [9.17, 15) is 4.79 Å². The number of amides is 2. The van der Waals surface area contributed by atoms with Gasteiger partial charge in [0.1, 0.15) is 5.75 Å². The van der Waals surface area contributed by atoms with Crippen LogP contribution in [0.2, 0.25) is 0 Å². The average Bonchev–Trinajstić information content (AvgIpc) is 3.02. The van der Waals surface area contributed by atoms with Gasteiger partial charge in [-0.25, -0.2) is 4.79 Å². The second-order valence-corrected chi connectivity index (χ2v) is 9.35. The Hall–Kier alpha value is -3.19. The Morgan fingerprint density at radius 3 is 2.65 bits per heavy atom. The van der Waals surface area contributed by atoms with Crippen molar-refractivity contribution in [1.82, 2.24) is 9.47 Å². The van der Waals surface area contributed by atoms with Gasteiger partial charge in [0.05, 0.1) is 23.5 Å². The molecule has 2 aliphatic heterocycles. The maximum atomic E-state index is 11.3. The molecule has 2 amide bonds. The lowest BCUT2D eigenvalue weighted by Crippen LogP contribution is -2.46. The molecule has 1 saturated heterocycles. The minimum atomic E-state index is -0.528. The van der Waals surface area contributed by atoms with Gasteiger partial charge in [0, 0.05) is 44.3 Å². The largest absolute Gasteiger partial charge is 0.491 e. The quantitative estimate of drug-likeness (QED) is 0.510. The second kappa shape index (κ2) is 10.4. The molecule has 1 aromatic heterocycles. The van der Waals surface area contributed by atoms with Gasteiger partial charge in [-0.2, -0.15) is 0 Å². The number of urea groups is 1. The minimum Gasteiger partial charge on any atom is -0.491 e. The molecule has 7 nitrogen and oxygen atoms in total. The van der Waals surface area contributed by atoms with Crippen LogP contribution in [0.5, 0.6) is 5.75 Å². The average molecular weight is 462 g/mol. The summed E-state index contributed by atoms with van der Waals surface area (Å²) < 4.78 is 8.37. The van der Waals surface area contributed by atoms with Crippen molar-refractivity contribution in [2.75, 3.05) is 49.5 Å². The summed E-state index contributed by atoms with van der Waals surface area (Å²) >= 11 is 0. The normalized spacial score (nSPS) is 16.6. The highest BCUT2D eigenvalue weighted by atomic mass is 16.5. The molecule has 34 heavy (non-hydrogen) atoms. The number of ether oxygens (including phenoxy) is 1. The lowest BCUT2D eigenvalue weighted by Gasteiger charge is -2.37. The van der Waals surface area contributed by atoms with Gasteiger partial charge in [-0.05, 0) is 56.3 Å². The van der Waals surface area contributed by atoms with Gasteiger partial charge in [0.25, 0.3) is 0 Å². The standard InChI is InChI=1S/C27H35N5O2/c28-27(33)29-23-20-32(24-11-2-1-10-22(23)24)14-5-4-13-30-15-17-31(18-16-30)25-12-7-9-21-8-3-6-19-34-26(21)25/h1-2,7,9-12,20H,3-6,8,13-19H2,(H3,28,29,33). The predicted octanol–water partition coefficient (Wildman–Crippen LogP) is 4.45. The molecule has 3 aromatic rings. The zero-order valence-corrected chi connectivity index (χ0v) is 19.8. The Morgan fingerprint density at radius 1 is 0.971 bits per heavy atom. The van der Waals surface area contributed by atoms with E-state index in [0.717, 1.165) is 93.9 Å². The smallest absolute Gasteiger partial charge is 0.316 e. The van der Waals surface area contributed by atoms with Crippen LogP contribution in [0, 0.1) is 0 Å². The summed E-state index contributed by atoms with van der Waals surface area (Å²) in [7, 11) is 0. The van der Waals surface area contributed by atoms with E-state index in [1.165, 1.54) is 17.7 Å². The van der Waals surface area contributed by atoms with Gasteiger partial charge >= 0.3 is 6.03 Å². The maximum absolute atomic E-state index is 11.3. The van der Waals surface area contributed by atoms with Crippen LogP contribution in [0.15, 0.2) is 48.7 Å². The number of para-hydroxylation sites is 2. The molecule has 0 radical (unpaired) electrons. The van der Waals surface area contributed by atoms with Gasteiger partial charge in [-0.1, -0.05) is 30.3 Å². The highest BCUT2D eigenvalue weighted by Gasteiger charge is 2.22. The third-order valence-electron chi connectivity index (χ3n) is 7.05. The number of aromatic nitrogens is 1. The molecule has 2 aromatic carbocycles. The van der Waals surface area contributed by atoms with E-state index in [-0.39, 0.29) is 0 Å². The van der Waals surface area contributed by atoms with Crippen molar-refractivity contribution in [1.29, 1.82) is 0 Å². The Bertz CT molecular complexity index is 1130. The molecule has 180 valence electrons. The van der Waals surface area contributed by atoms with Gasteiger partial charge < -0.3 is 25.3 Å². The van der Waals surface area contributed by atoms with Crippen molar-refractivity contribution in [3.8, 4) is 5.75 Å². The molecule has 3 heterocycles. The molecule has 0 saturated carbocycles. The number of primary amides is 1. The molecule has 3 N–H and O–H groups in total. The third kappa shape index (κ3) is 4.99. The number of piperazine rings is 1. The molecule has 7 heteroatoms. The molecule has 1 fully saturated rings. The molecule has 2 aliphatic rings. The van der Waals surface area contributed by atoms with Crippen molar-refractivity contribution >= 4 is 28.3 Å². The number of nitrogens with zero attached hydrogens (tertiary/aromatic N) is 3. The van der Waals surface area contributed by atoms with Gasteiger partial charge in [-0.15, -0.1) is 0 Å². The van der Waals surface area contributed by atoms with Crippen LogP contribution >= 0.6 is 0 Å². The first kappa shape index (κ1) is 22.6. The van der Waals surface area contributed by atoms with Gasteiger partial charge in [-0.3, -0.25) is 4.90 Å². The second-order valence-electron chi connectivity index (χ2n) is 9.35. The Kier molecular flexibility index (Phi) is 6.90. The summed E-state index contributed by atoms with van der Waals surface area (Å²) in [5, 5.41) is 3.77. The van der Waals surface area contributed by atoms with Crippen LogP contribution in [0.1, 0.15) is 31.2 Å². The zero-order valence-electron chi connectivity index (χ0n) is 19.8. The summed E-state index contributed by atoms with van der Waals surface area (Å²) in [6.45, 7) is 7.14. The number of aryl methyl sites for hydroxylation is 2. The monoisotopic (exact) mass is 461 g/mol. The number of nitrogens with two attached hydrogens (primary N) is 1. The molecule has 5 rings (SSSR count).